The standard InChI is InChI=1S/C28H26FN3O2/c1-4-20(16-30)32-28-18(3)21(6-5-7-22(28)19-10-12-31-27(33)15-19)17(2)14-24-23-11-13-34-26(23)9-8-25(24)29/h4,6-10,12,15,18H,2,5,11,13-14H2,1,3H3,(H,31,33)/b20-4-,32-28?. The van der Waals surface area contributed by atoms with Gasteiger partial charge in [0.1, 0.15) is 23.3 Å². The van der Waals surface area contributed by atoms with E-state index in [-0.39, 0.29) is 23.0 Å². The first-order valence-corrected chi connectivity index (χ1v) is 11.3. The Morgan fingerprint density at radius 2 is 2.21 bits per heavy atom. The third-order valence-corrected chi connectivity index (χ3v) is 6.27. The quantitative estimate of drug-likeness (QED) is 0.608. The number of fused-ring (bicyclic) bond motifs is 1. The molecule has 1 aliphatic carbocycles. The van der Waals surface area contributed by atoms with Crippen LogP contribution in [0.15, 0.2) is 81.9 Å². The monoisotopic (exact) mass is 455 g/mol. The Balaban J connectivity index is 1.72. The number of aromatic nitrogens is 1. The maximum atomic E-state index is 14.8. The van der Waals surface area contributed by atoms with Crippen molar-refractivity contribution in [1.29, 1.82) is 5.26 Å². The summed E-state index contributed by atoms with van der Waals surface area (Å²) < 4.78 is 20.4. The number of halogens is 1. The minimum absolute atomic E-state index is 0.214. The average molecular weight is 456 g/mol. The number of allylic oxidation sites excluding steroid dienone is 7. The maximum Gasteiger partial charge on any atom is 0.248 e. The van der Waals surface area contributed by atoms with Crippen LogP contribution in [0, 0.1) is 23.1 Å². The number of hydrogen-bond acceptors (Lipinski definition) is 4. The van der Waals surface area contributed by atoms with Gasteiger partial charge in [-0.05, 0) is 53.8 Å². The van der Waals surface area contributed by atoms with Crippen molar-refractivity contribution in [3.05, 3.63) is 105 Å². The summed E-state index contributed by atoms with van der Waals surface area (Å²) in [6.07, 6.45) is 8.96. The molecule has 2 aromatic rings. The number of nitrogens with one attached hydrogen (secondary N) is 1. The number of benzene rings is 1. The van der Waals surface area contributed by atoms with E-state index < -0.39 is 0 Å². The Hall–Kier alpha value is -3.98. The molecule has 1 N–H and O–H groups in total. The van der Waals surface area contributed by atoms with Crippen LogP contribution in [0.1, 0.15) is 37.0 Å². The zero-order chi connectivity index (χ0) is 24.2. The van der Waals surface area contributed by atoms with Gasteiger partial charge in [0.2, 0.25) is 5.56 Å². The van der Waals surface area contributed by atoms with Gasteiger partial charge in [-0.3, -0.25) is 4.79 Å². The smallest absolute Gasteiger partial charge is 0.248 e. The van der Waals surface area contributed by atoms with Crippen LogP contribution in [-0.4, -0.2) is 17.3 Å². The minimum Gasteiger partial charge on any atom is -0.493 e. The lowest BCUT2D eigenvalue weighted by atomic mass is 9.84. The first kappa shape index (κ1) is 23.2. The van der Waals surface area contributed by atoms with Crippen molar-refractivity contribution < 1.29 is 9.13 Å². The highest BCUT2D eigenvalue weighted by Gasteiger charge is 2.27. The van der Waals surface area contributed by atoms with Crippen LogP contribution in [0.3, 0.4) is 0 Å². The fourth-order valence-electron chi connectivity index (χ4n) is 4.56. The number of nitriles is 1. The van der Waals surface area contributed by atoms with E-state index in [0.717, 1.165) is 33.6 Å². The highest BCUT2D eigenvalue weighted by molar-refractivity contribution is 6.26. The maximum absolute atomic E-state index is 14.8. The molecular weight excluding hydrogens is 429 g/mol. The molecule has 0 spiro atoms. The van der Waals surface area contributed by atoms with Crippen LogP contribution in [0.4, 0.5) is 4.39 Å². The summed E-state index contributed by atoms with van der Waals surface area (Å²) in [6.45, 7) is 8.63. The number of ether oxygens (including phenoxy) is 1. The number of rotatable bonds is 5. The molecule has 0 amide bonds. The molecule has 1 unspecified atom stereocenters. The lowest BCUT2D eigenvalue weighted by Crippen LogP contribution is -2.18. The van der Waals surface area contributed by atoms with Gasteiger partial charge in [0, 0.05) is 42.2 Å². The van der Waals surface area contributed by atoms with E-state index >= 15 is 0 Å². The van der Waals surface area contributed by atoms with Gasteiger partial charge >= 0.3 is 0 Å². The third-order valence-electron chi connectivity index (χ3n) is 6.27. The van der Waals surface area contributed by atoms with E-state index in [9.17, 15) is 14.4 Å². The van der Waals surface area contributed by atoms with E-state index in [2.05, 4.69) is 28.7 Å². The molecule has 34 heavy (non-hydrogen) atoms. The zero-order valence-electron chi connectivity index (χ0n) is 19.3. The fraction of sp³-hybridized carbons (Fsp3) is 0.250. The average Bonchev–Trinajstić information content (AvgIpc) is 3.25. The molecule has 5 nitrogen and oxygen atoms in total. The van der Waals surface area contributed by atoms with Crippen LogP contribution in [0.25, 0.3) is 5.57 Å². The van der Waals surface area contributed by atoms with E-state index in [0.29, 0.717) is 37.1 Å². The predicted octanol–water partition coefficient (Wildman–Crippen LogP) is 5.47. The summed E-state index contributed by atoms with van der Waals surface area (Å²) in [5.41, 5.74) is 5.53. The Labute approximate surface area is 198 Å². The van der Waals surface area contributed by atoms with E-state index in [1.165, 1.54) is 12.1 Å². The number of nitrogens with zero attached hydrogens (tertiary/aromatic N) is 2. The molecule has 1 aliphatic heterocycles. The topological polar surface area (TPSA) is 78.2 Å². The van der Waals surface area contributed by atoms with E-state index in [1.807, 2.05) is 19.1 Å². The Bertz CT molecular complexity index is 1370. The normalized spacial score (nSPS) is 18.9. The van der Waals surface area contributed by atoms with Crippen molar-refractivity contribution >= 4 is 11.3 Å². The molecule has 0 fully saturated rings. The second-order valence-corrected chi connectivity index (χ2v) is 8.34. The van der Waals surface area contributed by atoms with Crippen molar-refractivity contribution in [3.63, 3.8) is 0 Å². The molecule has 0 bridgehead atoms. The molecule has 0 saturated carbocycles. The summed E-state index contributed by atoms with van der Waals surface area (Å²) in [5, 5.41) is 9.52. The summed E-state index contributed by atoms with van der Waals surface area (Å²) in [4.78, 5) is 19.3. The van der Waals surface area contributed by atoms with Crippen LogP contribution in [0.5, 0.6) is 5.75 Å². The first-order chi connectivity index (χ1) is 16.4. The Morgan fingerprint density at radius 1 is 1.38 bits per heavy atom. The van der Waals surface area contributed by atoms with Crippen molar-refractivity contribution in [2.45, 2.75) is 33.1 Å². The number of pyridine rings is 1. The lowest BCUT2D eigenvalue weighted by molar-refractivity contribution is 0.356. The fourth-order valence-corrected chi connectivity index (χ4v) is 4.56. The summed E-state index contributed by atoms with van der Waals surface area (Å²) in [6, 6.07) is 8.59. The van der Waals surface area contributed by atoms with Gasteiger partial charge in [-0.25, -0.2) is 9.38 Å². The number of aliphatic imine (C=N–C) groups is 1. The van der Waals surface area contributed by atoms with Gasteiger partial charge in [0.25, 0.3) is 0 Å². The van der Waals surface area contributed by atoms with Gasteiger partial charge in [0.15, 0.2) is 0 Å². The van der Waals surface area contributed by atoms with E-state index in [4.69, 9.17) is 4.74 Å². The third kappa shape index (κ3) is 4.55. The van der Waals surface area contributed by atoms with E-state index in [1.54, 1.807) is 25.3 Å². The Morgan fingerprint density at radius 3 is 2.94 bits per heavy atom. The van der Waals surface area contributed by atoms with Gasteiger partial charge in [-0.2, -0.15) is 5.26 Å². The largest absolute Gasteiger partial charge is 0.493 e. The summed E-state index contributed by atoms with van der Waals surface area (Å²) in [7, 11) is 0. The minimum atomic E-state index is -0.260. The van der Waals surface area contributed by atoms with Gasteiger partial charge in [-0.15, -0.1) is 0 Å². The highest BCUT2D eigenvalue weighted by Crippen LogP contribution is 2.36. The second-order valence-electron chi connectivity index (χ2n) is 8.34. The summed E-state index contributed by atoms with van der Waals surface area (Å²) in [5.74, 6) is 0.253. The molecule has 1 atom stereocenters. The molecule has 6 heteroatoms. The molecule has 1 aromatic heterocycles. The molecular formula is C28H26FN3O2. The van der Waals surface area contributed by atoms with Gasteiger partial charge < -0.3 is 9.72 Å². The Kier molecular flexibility index (Phi) is 6.74. The molecule has 0 radical (unpaired) electrons. The molecule has 172 valence electrons. The highest BCUT2D eigenvalue weighted by atomic mass is 19.1. The van der Waals surface area contributed by atoms with Crippen LogP contribution in [-0.2, 0) is 12.8 Å². The lowest BCUT2D eigenvalue weighted by Gasteiger charge is -2.22. The molecule has 2 heterocycles. The van der Waals surface area contributed by atoms with Crippen molar-refractivity contribution in [1.82, 2.24) is 4.98 Å². The molecule has 0 saturated heterocycles. The van der Waals surface area contributed by atoms with Crippen LogP contribution >= 0.6 is 0 Å². The summed E-state index contributed by atoms with van der Waals surface area (Å²) >= 11 is 0. The van der Waals surface area contributed by atoms with Crippen molar-refractivity contribution in [2.75, 3.05) is 6.61 Å². The van der Waals surface area contributed by atoms with Gasteiger partial charge in [0.05, 0.1) is 12.3 Å². The zero-order valence-corrected chi connectivity index (χ0v) is 19.3. The second kappa shape index (κ2) is 9.88. The number of hydrogen-bond donors (Lipinski definition) is 1. The van der Waals surface area contributed by atoms with Crippen LogP contribution in [0.2, 0.25) is 0 Å². The molecule has 1 aromatic carbocycles. The van der Waals surface area contributed by atoms with Crippen LogP contribution < -0.4 is 10.3 Å². The van der Waals surface area contributed by atoms with Crippen molar-refractivity contribution in [2.24, 2.45) is 10.9 Å². The molecule has 4 rings (SSSR count). The van der Waals surface area contributed by atoms with Gasteiger partial charge in [-0.1, -0.05) is 31.7 Å². The molecule has 2 aliphatic rings. The first-order valence-electron chi connectivity index (χ1n) is 11.3. The SMILES string of the molecule is C=C(Cc1c(F)ccc2c1CCO2)C1=CCC=C(c2cc[nH]c(=O)c2)C(=N/C(C#N)=C\C)C1C. The number of H-pyrrole nitrogens is 1. The predicted molar refractivity (Wildman–Crippen MR) is 132 cm³/mol. The number of aromatic amines is 1. The van der Waals surface area contributed by atoms with Crippen molar-refractivity contribution in [3.8, 4) is 11.8 Å².